The molecule has 0 aliphatic carbocycles. The van der Waals surface area contributed by atoms with Crippen LogP contribution in [-0.2, 0) is 33.8 Å². The minimum absolute atomic E-state index is 0.000127. The van der Waals surface area contributed by atoms with Crippen molar-refractivity contribution in [2.75, 3.05) is 13.1 Å². The van der Waals surface area contributed by atoms with Gasteiger partial charge in [-0.3, -0.25) is 19.4 Å². The molecule has 0 spiro atoms. The number of hydrogen-bond donors (Lipinski definition) is 5. The van der Waals surface area contributed by atoms with E-state index in [-0.39, 0.29) is 18.0 Å². The van der Waals surface area contributed by atoms with Crippen molar-refractivity contribution in [1.82, 2.24) is 15.6 Å². The van der Waals surface area contributed by atoms with Crippen molar-refractivity contribution in [3.8, 4) is 0 Å². The van der Waals surface area contributed by atoms with Gasteiger partial charge in [-0.15, -0.1) is 0 Å². The van der Waals surface area contributed by atoms with Crippen LogP contribution in [0.2, 0.25) is 0 Å². The molecular formula is C26H34N6O4. The van der Waals surface area contributed by atoms with E-state index in [1.807, 2.05) is 24.3 Å². The van der Waals surface area contributed by atoms with E-state index in [1.54, 1.807) is 0 Å². The number of carbonyl (C=O) groups is 3. The molecule has 10 heteroatoms. The van der Waals surface area contributed by atoms with Crippen LogP contribution in [0.1, 0.15) is 60.7 Å². The van der Waals surface area contributed by atoms with Crippen LogP contribution in [0.25, 0.3) is 0 Å². The largest absolute Gasteiger partial charge is 0.481 e. The van der Waals surface area contributed by atoms with Crippen LogP contribution in [-0.4, -0.2) is 46.7 Å². The van der Waals surface area contributed by atoms with Gasteiger partial charge >= 0.3 is 5.97 Å². The molecule has 192 valence electrons. The summed E-state index contributed by atoms with van der Waals surface area (Å²) in [5, 5.41) is 14.6. The van der Waals surface area contributed by atoms with E-state index in [0.717, 1.165) is 55.7 Å². The second-order valence-corrected chi connectivity index (χ2v) is 8.79. The Hall–Kier alpha value is -3.63. The van der Waals surface area contributed by atoms with Crippen LogP contribution >= 0.6 is 0 Å². The molecule has 4 rings (SSSR count). The number of aromatic nitrogens is 1. The molecule has 1 aromatic carbocycles. The summed E-state index contributed by atoms with van der Waals surface area (Å²) in [5.74, 6) is -1.38. The van der Waals surface area contributed by atoms with Gasteiger partial charge in [0.15, 0.2) is 0 Å². The maximum atomic E-state index is 11.6. The van der Waals surface area contributed by atoms with E-state index in [4.69, 9.17) is 21.6 Å². The third kappa shape index (κ3) is 7.96. The number of carbonyl (C=O) groups excluding carboxylic acids is 2. The Morgan fingerprint density at radius 3 is 2.64 bits per heavy atom. The molecule has 1 atom stereocenters. The van der Waals surface area contributed by atoms with E-state index in [9.17, 15) is 14.4 Å². The Labute approximate surface area is 210 Å². The van der Waals surface area contributed by atoms with E-state index >= 15 is 0 Å². The van der Waals surface area contributed by atoms with E-state index < -0.39 is 17.9 Å². The molecule has 2 aromatic rings. The van der Waals surface area contributed by atoms with Crippen molar-refractivity contribution in [3.05, 3.63) is 58.9 Å². The monoisotopic (exact) mass is 494 g/mol. The SMILES string of the molecule is NC(=O)C1=Nc2ccccc2C1N.O=C(O)CCCNC(=O)CCCCc1ccc2c(n1)CCNC2. The molecule has 0 fully saturated rings. The number of para-hydroxylation sites is 1. The second-order valence-electron chi connectivity index (χ2n) is 8.79. The molecule has 0 bridgehead atoms. The first kappa shape index (κ1) is 27.0. The van der Waals surface area contributed by atoms with Crippen LogP contribution in [0.3, 0.4) is 0 Å². The Balaban J connectivity index is 0.000000233. The molecule has 0 saturated carbocycles. The molecule has 0 radical (unpaired) electrons. The van der Waals surface area contributed by atoms with Crippen molar-refractivity contribution in [1.29, 1.82) is 0 Å². The number of unbranched alkanes of at least 4 members (excludes halogenated alkanes) is 1. The number of aliphatic imine (C=N–C) groups is 1. The van der Waals surface area contributed by atoms with Crippen LogP contribution in [0.4, 0.5) is 5.69 Å². The molecule has 7 N–H and O–H groups in total. The van der Waals surface area contributed by atoms with Gasteiger partial charge in [-0.2, -0.15) is 0 Å². The summed E-state index contributed by atoms with van der Waals surface area (Å²) in [7, 11) is 0. The summed E-state index contributed by atoms with van der Waals surface area (Å²) in [4.78, 5) is 41.6. The number of primary amides is 1. The summed E-state index contributed by atoms with van der Waals surface area (Å²) in [6.07, 6.45) is 4.71. The molecule has 2 aliphatic heterocycles. The minimum Gasteiger partial charge on any atom is -0.481 e. The lowest BCUT2D eigenvalue weighted by molar-refractivity contribution is -0.137. The number of nitrogens with two attached hydrogens (primary N) is 2. The average Bonchev–Trinajstić information content (AvgIpc) is 3.21. The third-order valence-corrected chi connectivity index (χ3v) is 6.02. The van der Waals surface area contributed by atoms with Gasteiger partial charge in [0.05, 0.1) is 11.7 Å². The number of benzene rings is 1. The van der Waals surface area contributed by atoms with Crippen LogP contribution in [0, 0.1) is 0 Å². The average molecular weight is 495 g/mol. The number of nitrogens with one attached hydrogen (secondary N) is 2. The Bertz CT molecular complexity index is 1120. The van der Waals surface area contributed by atoms with Crippen molar-refractivity contribution in [2.24, 2.45) is 16.5 Å². The zero-order valence-electron chi connectivity index (χ0n) is 20.3. The maximum Gasteiger partial charge on any atom is 0.303 e. The zero-order valence-corrected chi connectivity index (χ0v) is 20.3. The Kier molecular flexibility index (Phi) is 10.1. The summed E-state index contributed by atoms with van der Waals surface area (Å²) < 4.78 is 0. The van der Waals surface area contributed by atoms with Gasteiger partial charge in [0, 0.05) is 55.8 Å². The molecule has 1 unspecified atom stereocenters. The number of fused-ring (bicyclic) bond motifs is 2. The van der Waals surface area contributed by atoms with Gasteiger partial charge in [-0.05, 0) is 43.4 Å². The highest BCUT2D eigenvalue weighted by Crippen LogP contribution is 2.31. The number of hydrogen-bond acceptors (Lipinski definition) is 7. The molecule has 10 nitrogen and oxygen atoms in total. The summed E-state index contributed by atoms with van der Waals surface area (Å²) in [6.45, 7) is 2.34. The van der Waals surface area contributed by atoms with E-state index in [1.165, 1.54) is 11.3 Å². The number of carboxylic acid groups (broad SMARTS) is 1. The smallest absolute Gasteiger partial charge is 0.303 e. The van der Waals surface area contributed by atoms with E-state index in [2.05, 4.69) is 27.8 Å². The zero-order chi connectivity index (χ0) is 25.9. The number of nitrogens with zero attached hydrogens (tertiary/aromatic N) is 2. The highest BCUT2D eigenvalue weighted by atomic mass is 16.4. The lowest BCUT2D eigenvalue weighted by Gasteiger charge is -2.16. The van der Waals surface area contributed by atoms with E-state index in [0.29, 0.717) is 19.4 Å². The second kappa shape index (κ2) is 13.5. The number of amides is 2. The topological polar surface area (TPSA) is 173 Å². The van der Waals surface area contributed by atoms with Crippen LogP contribution in [0.15, 0.2) is 41.4 Å². The number of aliphatic carboxylic acids is 1. The predicted octanol–water partition coefficient (Wildman–Crippen LogP) is 1.68. The summed E-state index contributed by atoms with van der Waals surface area (Å²) >= 11 is 0. The lowest BCUT2D eigenvalue weighted by atomic mass is 10.0. The van der Waals surface area contributed by atoms with Crippen molar-refractivity contribution < 1.29 is 19.5 Å². The first-order valence-electron chi connectivity index (χ1n) is 12.2. The highest BCUT2D eigenvalue weighted by Gasteiger charge is 2.26. The van der Waals surface area contributed by atoms with Gasteiger partial charge < -0.3 is 27.2 Å². The number of pyridine rings is 1. The Morgan fingerprint density at radius 2 is 1.89 bits per heavy atom. The quantitative estimate of drug-likeness (QED) is 0.312. The summed E-state index contributed by atoms with van der Waals surface area (Å²) in [6, 6.07) is 11.1. The normalized spacial score (nSPS) is 15.6. The first-order chi connectivity index (χ1) is 17.3. The molecule has 0 saturated heterocycles. The van der Waals surface area contributed by atoms with Gasteiger partial charge in [-0.25, -0.2) is 4.99 Å². The number of aryl methyl sites for hydroxylation is 1. The van der Waals surface area contributed by atoms with Crippen molar-refractivity contribution in [2.45, 2.75) is 57.5 Å². The third-order valence-electron chi connectivity index (χ3n) is 6.02. The predicted molar refractivity (Wildman–Crippen MR) is 137 cm³/mol. The molecule has 2 amide bonds. The minimum atomic E-state index is -0.826. The van der Waals surface area contributed by atoms with Crippen LogP contribution < -0.4 is 22.1 Å². The van der Waals surface area contributed by atoms with Crippen molar-refractivity contribution >= 4 is 29.2 Å². The molecule has 2 aliphatic rings. The van der Waals surface area contributed by atoms with Gasteiger partial charge in [0.1, 0.15) is 5.71 Å². The number of rotatable bonds is 10. The maximum absolute atomic E-state index is 11.6. The van der Waals surface area contributed by atoms with Gasteiger partial charge in [-0.1, -0.05) is 24.3 Å². The molecular weight excluding hydrogens is 460 g/mol. The molecule has 3 heterocycles. The van der Waals surface area contributed by atoms with Crippen molar-refractivity contribution in [3.63, 3.8) is 0 Å². The molecule has 1 aromatic heterocycles. The fourth-order valence-corrected chi connectivity index (χ4v) is 4.08. The standard InChI is InChI=1S/C17H25N3O3.C9H9N3O/c21-16(19-10-3-6-17(22)23)5-2-1-4-14-8-7-13-12-18-11-9-15(13)20-14;10-7-5-3-1-2-4-6(5)12-8(7)9(11)13/h7-8,18H,1-6,9-12H2,(H,19,21)(H,22,23);1-4,7H,10H2,(H2,11,13). The summed E-state index contributed by atoms with van der Waals surface area (Å²) in [5.41, 5.74) is 16.3. The lowest BCUT2D eigenvalue weighted by Crippen LogP contribution is -2.31. The Morgan fingerprint density at radius 1 is 1.08 bits per heavy atom. The fraction of sp³-hybridized carbons (Fsp3) is 0.423. The van der Waals surface area contributed by atoms with Gasteiger partial charge in [0.2, 0.25) is 5.91 Å². The van der Waals surface area contributed by atoms with Gasteiger partial charge in [0.25, 0.3) is 5.91 Å². The van der Waals surface area contributed by atoms with Crippen LogP contribution in [0.5, 0.6) is 0 Å². The first-order valence-corrected chi connectivity index (χ1v) is 12.2. The molecule has 36 heavy (non-hydrogen) atoms. The fourth-order valence-electron chi connectivity index (χ4n) is 4.08. The number of carboxylic acids is 1. The highest BCUT2D eigenvalue weighted by molar-refractivity contribution is 6.41.